The van der Waals surface area contributed by atoms with E-state index >= 15 is 0 Å². The molecular weight excluding hydrogens is 180 g/mol. The van der Waals surface area contributed by atoms with Gasteiger partial charge in [-0.1, -0.05) is 0 Å². The molecule has 0 bridgehead atoms. The molecule has 2 N–H and O–H groups in total. The SMILES string of the molecule is CNCCCNC(=O)COCC1CC1. The lowest BCUT2D eigenvalue weighted by molar-refractivity contribution is -0.125. The van der Waals surface area contributed by atoms with E-state index in [2.05, 4.69) is 10.6 Å². The molecule has 0 aromatic heterocycles. The third-order valence-electron chi connectivity index (χ3n) is 2.21. The van der Waals surface area contributed by atoms with Crippen molar-refractivity contribution in [2.75, 3.05) is 33.4 Å². The second kappa shape index (κ2) is 6.79. The van der Waals surface area contributed by atoms with Crippen LogP contribution in [0, 0.1) is 5.92 Å². The van der Waals surface area contributed by atoms with Gasteiger partial charge in [0.2, 0.25) is 5.91 Å². The molecule has 1 rings (SSSR count). The summed E-state index contributed by atoms with van der Waals surface area (Å²) >= 11 is 0. The fourth-order valence-corrected chi connectivity index (χ4v) is 1.15. The molecule has 1 saturated carbocycles. The van der Waals surface area contributed by atoms with Crippen molar-refractivity contribution in [2.24, 2.45) is 5.92 Å². The summed E-state index contributed by atoms with van der Waals surface area (Å²) in [5.41, 5.74) is 0. The number of carbonyl (C=O) groups excluding carboxylic acids is 1. The van der Waals surface area contributed by atoms with Crippen LogP contribution in [0.1, 0.15) is 19.3 Å². The minimum atomic E-state index is 0.00162. The van der Waals surface area contributed by atoms with Crippen molar-refractivity contribution in [3.05, 3.63) is 0 Å². The molecule has 0 heterocycles. The number of amides is 1. The molecule has 1 aliphatic rings. The maximum atomic E-state index is 11.2. The van der Waals surface area contributed by atoms with Crippen LogP contribution in [0.2, 0.25) is 0 Å². The van der Waals surface area contributed by atoms with E-state index in [-0.39, 0.29) is 12.5 Å². The van der Waals surface area contributed by atoms with E-state index in [1.54, 1.807) is 0 Å². The van der Waals surface area contributed by atoms with Crippen LogP contribution in [0.4, 0.5) is 0 Å². The lowest BCUT2D eigenvalue weighted by Crippen LogP contribution is -2.30. The minimum Gasteiger partial charge on any atom is -0.371 e. The zero-order chi connectivity index (χ0) is 10.2. The molecule has 1 amide bonds. The van der Waals surface area contributed by atoms with E-state index in [0.29, 0.717) is 0 Å². The zero-order valence-corrected chi connectivity index (χ0v) is 8.84. The van der Waals surface area contributed by atoms with E-state index < -0.39 is 0 Å². The molecule has 1 fully saturated rings. The van der Waals surface area contributed by atoms with Crippen molar-refractivity contribution < 1.29 is 9.53 Å². The number of ether oxygens (including phenoxy) is 1. The van der Waals surface area contributed by atoms with Gasteiger partial charge in [0.1, 0.15) is 6.61 Å². The Bertz CT molecular complexity index is 170. The maximum Gasteiger partial charge on any atom is 0.245 e. The van der Waals surface area contributed by atoms with Crippen LogP contribution in [-0.2, 0) is 9.53 Å². The molecule has 0 unspecified atom stereocenters. The normalized spacial score (nSPS) is 15.5. The number of hydrogen-bond acceptors (Lipinski definition) is 3. The molecule has 14 heavy (non-hydrogen) atoms. The molecule has 4 nitrogen and oxygen atoms in total. The second-order valence-corrected chi connectivity index (χ2v) is 3.77. The van der Waals surface area contributed by atoms with Gasteiger partial charge in [-0.3, -0.25) is 4.79 Å². The predicted octanol–water partition coefficient (Wildman–Crippen LogP) is 0.139. The average molecular weight is 200 g/mol. The topological polar surface area (TPSA) is 50.4 Å². The summed E-state index contributed by atoms with van der Waals surface area (Å²) in [5, 5.41) is 5.83. The summed E-state index contributed by atoms with van der Waals surface area (Å²) in [6.07, 6.45) is 3.50. The first-order valence-corrected chi connectivity index (χ1v) is 5.32. The second-order valence-electron chi connectivity index (χ2n) is 3.77. The van der Waals surface area contributed by atoms with Gasteiger partial charge in [-0.15, -0.1) is 0 Å². The number of rotatable bonds is 8. The summed E-state index contributed by atoms with van der Waals surface area (Å²) in [6, 6.07) is 0. The van der Waals surface area contributed by atoms with Crippen LogP contribution < -0.4 is 10.6 Å². The van der Waals surface area contributed by atoms with Crippen LogP contribution in [-0.4, -0.2) is 39.3 Å². The van der Waals surface area contributed by atoms with Gasteiger partial charge >= 0.3 is 0 Å². The van der Waals surface area contributed by atoms with Crippen LogP contribution in [0.25, 0.3) is 0 Å². The largest absolute Gasteiger partial charge is 0.371 e. The van der Waals surface area contributed by atoms with Gasteiger partial charge in [0.15, 0.2) is 0 Å². The van der Waals surface area contributed by atoms with Crippen molar-refractivity contribution in [2.45, 2.75) is 19.3 Å². The Morgan fingerprint density at radius 2 is 2.21 bits per heavy atom. The molecular formula is C10H20N2O2. The predicted molar refractivity (Wildman–Crippen MR) is 55.1 cm³/mol. The maximum absolute atomic E-state index is 11.2. The molecule has 0 aromatic carbocycles. The molecule has 1 aliphatic carbocycles. The number of nitrogens with one attached hydrogen (secondary N) is 2. The van der Waals surface area contributed by atoms with Crippen LogP contribution in [0.5, 0.6) is 0 Å². The fourth-order valence-electron chi connectivity index (χ4n) is 1.15. The Morgan fingerprint density at radius 3 is 2.86 bits per heavy atom. The van der Waals surface area contributed by atoms with Gasteiger partial charge in [0.05, 0.1) is 6.61 Å². The Balaban J connectivity index is 1.82. The van der Waals surface area contributed by atoms with Crippen LogP contribution >= 0.6 is 0 Å². The van der Waals surface area contributed by atoms with Crippen molar-refractivity contribution in [3.63, 3.8) is 0 Å². The Morgan fingerprint density at radius 1 is 1.43 bits per heavy atom. The van der Waals surface area contributed by atoms with Crippen molar-refractivity contribution >= 4 is 5.91 Å². The van der Waals surface area contributed by atoms with Gasteiger partial charge in [0.25, 0.3) is 0 Å². The zero-order valence-electron chi connectivity index (χ0n) is 8.84. The van der Waals surface area contributed by atoms with Crippen molar-refractivity contribution in [3.8, 4) is 0 Å². The molecule has 0 spiro atoms. The van der Waals surface area contributed by atoms with Gasteiger partial charge < -0.3 is 15.4 Å². The Hall–Kier alpha value is -0.610. The Kier molecular flexibility index (Phi) is 5.56. The van der Waals surface area contributed by atoms with E-state index in [1.807, 2.05) is 7.05 Å². The van der Waals surface area contributed by atoms with Gasteiger partial charge in [-0.05, 0) is 38.8 Å². The third kappa shape index (κ3) is 5.94. The van der Waals surface area contributed by atoms with Crippen LogP contribution in [0.15, 0.2) is 0 Å². The third-order valence-corrected chi connectivity index (χ3v) is 2.21. The van der Waals surface area contributed by atoms with Gasteiger partial charge in [-0.25, -0.2) is 0 Å². The lowest BCUT2D eigenvalue weighted by Gasteiger charge is -2.05. The quantitative estimate of drug-likeness (QED) is 0.548. The molecule has 0 aliphatic heterocycles. The number of carbonyl (C=O) groups is 1. The van der Waals surface area contributed by atoms with E-state index in [1.165, 1.54) is 12.8 Å². The lowest BCUT2D eigenvalue weighted by atomic mass is 10.4. The standard InChI is InChI=1S/C10H20N2O2/c1-11-5-2-6-12-10(13)8-14-7-9-3-4-9/h9,11H,2-8H2,1H3,(H,12,13). The highest BCUT2D eigenvalue weighted by Gasteiger charge is 2.21. The monoisotopic (exact) mass is 200 g/mol. The average Bonchev–Trinajstić information content (AvgIpc) is 2.96. The summed E-state index contributed by atoms with van der Waals surface area (Å²) < 4.78 is 5.25. The summed E-state index contributed by atoms with van der Waals surface area (Å²) in [5.74, 6) is 0.730. The van der Waals surface area contributed by atoms with E-state index in [9.17, 15) is 4.79 Å². The highest BCUT2D eigenvalue weighted by atomic mass is 16.5. The fraction of sp³-hybridized carbons (Fsp3) is 0.900. The van der Waals surface area contributed by atoms with Gasteiger partial charge in [0, 0.05) is 6.54 Å². The smallest absolute Gasteiger partial charge is 0.245 e. The molecule has 82 valence electrons. The summed E-state index contributed by atoms with van der Waals surface area (Å²) in [4.78, 5) is 11.2. The first kappa shape index (κ1) is 11.5. The Labute approximate surface area is 85.4 Å². The van der Waals surface area contributed by atoms with E-state index in [4.69, 9.17) is 4.74 Å². The van der Waals surface area contributed by atoms with Crippen LogP contribution in [0.3, 0.4) is 0 Å². The van der Waals surface area contributed by atoms with Crippen molar-refractivity contribution in [1.82, 2.24) is 10.6 Å². The molecule has 4 heteroatoms. The first-order chi connectivity index (χ1) is 6.83. The highest BCUT2D eigenvalue weighted by Crippen LogP contribution is 2.28. The molecule has 0 atom stereocenters. The first-order valence-electron chi connectivity index (χ1n) is 5.32. The van der Waals surface area contributed by atoms with Gasteiger partial charge in [-0.2, -0.15) is 0 Å². The van der Waals surface area contributed by atoms with Crippen molar-refractivity contribution in [1.29, 1.82) is 0 Å². The van der Waals surface area contributed by atoms with E-state index in [0.717, 1.165) is 32.0 Å². The molecule has 0 radical (unpaired) electrons. The molecule has 0 saturated heterocycles. The minimum absolute atomic E-state index is 0.00162. The summed E-state index contributed by atoms with van der Waals surface area (Å²) in [6.45, 7) is 2.63. The highest BCUT2D eigenvalue weighted by molar-refractivity contribution is 5.77. The number of hydrogen-bond donors (Lipinski definition) is 2. The summed E-state index contributed by atoms with van der Waals surface area (Å²) in [7, 11) is 1.90. The molecule has 0 aromatic rings.